The minimum absolute atomic E-state index is 0.0789. The number of aryl methyl sites for hydroxylation is 2. The molecule has 0 saturated carbocycles. The molecule has 27 heavy (non-hydrogen) atoms. The summed E-state index contributed by atoms with van der Waals surface area (Å²) in [6.07, 6.45) is 7.64. The van der Waals surface area contributed by atoms with Crippen molar-refractivity contribution in [2.75, 3.05) is 19.6 Å². The van der Waals surface area contributed by atoms with Crippen molar-refractivity contribution in [1.82, 2.24) is 20.0 Å². The van der Waals surface area contributed by atoms with Crippen LogP contribution in [0.1, 0.15) is 58.0 Å². The lowest BCUT2D eigenvalue weighted by Crippen LogP contribution is -2.44. The van der Waals surface area contributed by atoms with Crippen LogP contribution >= 0.6 is 0 Å². The molecule has 1 atom stereocenters. The van der Waals surface area contributed by atoms with Gasteiger partial charge in [0.25, 0.3) is 11.8 Å². The van der Waals surface area contributed by atoms with Crippen molar-refractivity contribution in [3.8, 4) is 0 Å². The van der Waals surface area contributed by atoms with E-state index in [-0.39, 0.29) is 17.7 Å². The van der Waals surface area contributed by atoms with Gasteiger partial charge in [0.15, 0.2) is 5.76 Å². The Hall–Kier alpha value is -2.57. The predicted octanol–water partition coefficient (Wildman–Crippen LogP) is 2.17. The number of nitrogens with zero attached hydrogens (tertiary/aromatic N) is 3. The zero-order valence-corrected chi connectivity index (χ0v) is 15.7. The number of amides is 2. The Balaban J connectivity index is 1.40. The Labute approximate surface area is 158 Å². The molecule has 0 aromatic carbocycles. The highest BCUT2D eigenvalue weighted by atomic mass is 16.3. The Kier molecular flexibility index (Phi) is 5.01. The number of carbonyl (C=O) groups is 2. The molecular weight excluding hydrogens is 344 g/mol. The Morgan fingerprint density at radius 3 is 2.96 bits per heavy atom. The number of hydrogen-bond donors (Lipinski definition) is 1. The highest BCUT2D eigenvalue weighted by Crippen LogP contribution is 2.26. The average Bonchev–Trinajstić information content (AvgIpc) is 3.33. The number of piperidine rings is 1. The molecule has 1 saturated heterocycles. The van der Waals surface area contributed by atoms with Gasteiger partial charge in [0.2, 0.25) is 0 Å². The molecule has 0 spiro atoms. The summed E-state index contributed by atoms with van der Waals surface area (Å²) in [5.41, 5.74) is 2.98. The van der Waals surface area contributed by atoms with Crippen molar-refractivity contribution in [3.63, 3.8) is 0 Å². The molecule has 144 valence electrons. The highest BCUT2D eigenvalue weighted by Gasteiger charge is 2.30. The van der Waals surface area contributed by atoms with Crippen LogP contribution in [-0.4, -0.2) is 46.1 Å². The maximum absolute atomic E-state index is 13.2. The first kappa shape index (κ1) is 17.8. The molecule has 7 nitrogen and oxygen atoms in total. The summed E-state index contributed by atoms with van der Waals surface area (Å²) in [7, 11) is 1.87. The maximum atomic E-state index is 13.2. The molecule has 3 heterocycles. The molecule has 0 radical (unpaired) electrons. The second kappa shape index (κ2) is 7.58. The normalized spacial score (nSPS) is 19.6. The molecular formula is C20H26N4O3. The summed E-state index contributed by atoms with van der Waals surface area (Å²) in [6, 6.07) is 3.35. The topological polar surface area (TPSA) is 80.4 Å². The van der Waals surface area contributed by atoms with Crippen molar-refractivity contribution >= 4 is 11.8 Å². The first-order valence-corrected chi connectivity index (χ1v) is 9.79. The molecule has 0 unspecified atom stereocenters. The van der Waals surface area contributed by atoms with Crippen LogP contribution in [0.3, 0.4) is 0 Å². The van der Waals surface area contributed by atoms with E-state index in [1.165, 1.54) is 6.26 Å². The highest BCUT2D eigenvalue weighted by molar-refractivity contribution is 5.94. The molecule has 1 fully saturated rings. The minimum Gasteiger partial charge on any atom is -0.459 e. The lowest BCUT2D eigenvalue weighted by molar-refractivity contribution is 0.0658. The number of furan rings is 1. The SMILES string of the molecule is Cn1nc2c(c1C(=O)N1CCC[C@@H](CNC(=O)c3ccco3)C1)CCCC2. The van der Waals surface area contributed by atoms with E-state index in [0.29, 0.717) is 18.8 Å². The molecule has 1 aliphatic heterocycles. The lowest BCUT2D eigenvalue weighted by atomic mass is 9.94. The van der Waals surface area contributed by atoms with E-state index in [0.717, 1.165) is 62.0 Å². The molecule has 4 rings (SSSR count). The van der Waals surface area contributed by atoms with Gasteiger partial charge in [-0.3, -0.25) is 14.3 Å². The molecule has 1 N–H and O–H groups in total. The number of likely N-dealkylation sites (tertiary alicyclic amines) is 1. The van der Waals surface area contributed by atoms with Crippen molar-refractivity contribution < 1.29 is 14.0 Å². The number of carbonyl (C=O) groups excluding carboxylic acids is 2. The summed E-state index contributed by atoms with van der Waals surface area (Å²) in [5, 5.41) is 7.50. The van der Waals surface area contributed by atoms with E-state index in [1.807, 2.05) is 11.9 Å². The second-order valence-electron chi connectivity index (χ2n) is 7.55. The van der Waals surface area contributed by atoms with E-state index in [2.05, 4.69) is 10.4 Å². The van der Waals surface area contributed by atoms with Gasteiger partial charge < -0.3 is 14.6 Å². The fourth-order valence-corrected chi connectivity index (χ4v) is 4.25. The summed E-state index contributed by atoms with van der Waals surface area (Å²) >= 11 is 0. The minimum atomic E-state index is -0.204. The first-order valence-electron chi connectivity index (χ1n) is 9.79. The van der Waals surface area contributed by atoms with Gasteiger partial charge >= 0.3 is 0 Å². The predicted molar refractivity (Wildman–Crippen MR) is 99.5 cm³/mol. The molecule has 2 amide bonds. The van der Waals surface area contributed by atoms with Crippen molar-refractivity contribution in [2.24, 2.45) is 13.0 Å². The van der Waals surface area contributed by atoms with Crippen LogP contribution in [0.4, 0.5) is 0 Å². The van der Waals surface area contributed by atoms with E-state index in [4.69, 9.17) is 4.42 Å². The van der Waals surface area contributed by atoms with Crippen molar-refractivity contribution in [2.45, 2.75) is 38.5 Å². The third-order valence-electron chi connectivity index (χ3n) is 5.62. The molecule has 2 aliphatic rings. The number of fused-ring (bicyclic) bond motifs is 1. The largest absolute Gasteiger partial charge is 0.459 e. The molecule has 1 aliphatic carbocycles. The van der Waals surface area contributed by atoms with Gasteiger partial charge in [-0.25, -0.2) is 0 Å². The fraction of sp³-hybridized carbons (Fsp3) is 0.550. The van der Waals surface area contributed by atoms with Gasteiger partial charge in [-0.15, -0.1) is 0 Å². The van der Waals surface area contributed by atoms with Gasteiger partial charge in [0.1, 0.15) is 5.69 Å². The number of nitrogens with one attached hydrogen (secondary N) is 1. The van der Waals surface area contributed by atoms with Crippen LogP contribution < -0.4 is 5.32 Å². The van der Waals surface area contributed by atoms with Crippen LogP contribution in [0.15, 0.2) is 22.8 Å². The van der Waals surface area contributed by atoms with Gasteiger partial charge in [-0.05, 0) is 56.6 Å². The average molecular weight is 370 g/mol. The van der Waals surface area contributed by atoms with Crippen molar-refractivity contribution in [1.29, 1.82) is 0 Å². The van der Waals surface area contributed by atoms with Crippen LogP contribution in [0, 0.1) is 5.92 Å². The second-order valence-corrected chi connectivity index (χ2v) is 7.55. The zero-order chi connectivity index (χ0) is 18.8. The fourth-order valence-electron chi connectivity index (χ4n) is 4.25. The van der Waals surface area contributed by atoms with Crippen LogP contribution in [0.5, 0.6) is 0 Å². The third-order valence-corrected chi connectivity index (χ3v) is 5.62. The van der Waals surface area contributed by atoms with E-state index in [1.54, 1.807) is 16.8 Å². The lowest BCUT2D eigenvalue weighted by Gasteiger charge is -2.33. The van der Waals surface area contributed by atoms with Crippen molar-refractivity contribution in [3.05, 3.63) is 41.1 Å². The summed E-state index contributed by atoms with van der Waals surface area (Å²) < 4.78 is 6.89. The van der Waals surface area contributed by atoms with Crippen LogP contribution in [-0.2, 0) is 19.9 Å². The standard InChI is InChI=1S/C20H26N4O3/c1-23-18(15-7-2-3-8-16(15)22-23)20(26)24-10-4-6-14(13-24)12-21-19(25)17-9-5-11-27-17/h5,9,11,14H,2-4,6-8,10,12-13H2,1H3,(H,21,25)/t14-/m0/s1. The Morgan fingerprint density at radius 2 is 2.15 bits per heavy atom. The summed E-state index contributed by atoms with van der Waals surface area (Å²) in [5.74, 6) is 0.449. The van der Waals surface area contributed by atoms with Gasteiger partial charge in [-0.1, -0.05) is 0 Å². The monoisotopic (exact) mass is 370 g/mol. The third kappa shape index (κ3) is 3.63. The zero-order valence-electron chi connectivity index (χ0n) is 15.7. The maximum Gasteiger partial charge on any atom is 0.286 e. The van der Waals surface area contributed by atoms with E-state index >= 15 is 0 Å². The Bertz CT molecular complexity index is 825. The smallest absolute Gasteiger partial charge is 0.286 e. The van der Waals surface area contributed by atoms with E-state index < -0.39 is 0 Å². The molecule has 7 heteroatoms. The number of aromatic nitrogens is 2. The summed E-state index contributed by atoms with van der Waals surface area (Å²) in [6.45, 7) is 1.98. The first-order chi connectivity index (χ1) is 13.1. The van der Waals surface area contributed by atoms with Gasteiger partial charge in [-0.2, -0.15) is 5.10 Å². The molecule has 2 aromatic rings. The molecule has 0 bridgehead atoms. The Morgan fingerprint density at radius 1 is 1.30 bits per heavy atom. The number of rotatable bonds is 4. The van der Waals surface area contributed by atoms with Crippen LogP contribution in [0.2, 0.25) is 0 Å². The number of hydrogen-bond acceptors (Lipinski definition) is 4. The quantitative estimate of drug-likeness (QED) is 0.894. The van der Waals surface area contributed by atoms with E-state index in [9.17, 15) is 9.59 Å². The molecule has 2 aromatic heterocycles. The van der Waals surface area contributed by atoms with Gasteiger partial charge in [0, 0.05) is 32.2 Å². The summed E-state index contributed by atoms with van der Waals surface area (Å²) in [4.78, 5) is 27.2. The van der Waals surface area contributed by atoms with Gasteiger partial charge in [0.05, 0.1) is 12.0 Å². The van der Waals surface area contributed by atoms with Crippen LogP contribution in [0.25, 0.3) is 0 Å².